The molecule has 7 heteroatoms. The van der Waals surface area contributed by atoms with Crippen LogP contribution in [-0.4, -0.2) is 58.6 Å². The van der Waals surface area contributed by atoms with Crippen LogP contribution in [0.3, 0.4) is 0 Å². The lowest BCUT2D eigenvalue weighted by atomic mass is 10.1. The number of nitrogens with one attached hydrogen (secondary N) is 1. The zero-order chi connectivity index (χ0) is 19.4. The Balaban J connectivity index is 1.81. The molecule has 1 aliphatic carbocycles. The van der Waals surface area contributed by atoms with Crippen LogP contribution in [0.15, 0.2) is 12.2 Å². The van der Waals surface area contributed by atoms with Crippen molar-refractivity contribution in [3.8, 4) is 0 Å². The van der Waals surface area contributed by atoms with Crippen LogP contribution in [0.25, 0.3) is 0 Å². The number of aliphatic hydroxyl groups excluding tert-OH is 1. The number of hydrogen-bond donors (Lipinski definition) is 2. The second kappa shape index (κ2) is 8.42. The van der Waals surface area contributed by atoms with E-state index in [4.69, 9.17) is 4.74 Å². The molecule has 1 saturated carbocycles. The number of nitrogens with zero attached hydrogens (tertiary/aromatic N) is 1. The quantitative estimate of drug-likeness (QED) is 0.558. The molecule has 4 unspecified atom stereocenters. The first-order chi connectivity index (χ1) is 13.0. The summed E-state index contributed by atoms with van der Waals surface area (Å²) >= 11 is 0. The number of aliphatic hydroxyl groups is 1. The predicted octanol–water partition coefficient (Wildman–Crippen LogP) is 1.30. The Kier molecular flexibility index (Phi) is 6.19. The number of allylic oxidation sites excluding steroid dienone is 1. The fourth-order valence-corrected chi connectivity index (χ4v) is 4.15. The molecule has 0 radical (unpaired) electrons. The maximum Gasteiger partial charge on any atom is 0.332 e. The number of ether oxygens (including phenoxy) is 1. The van der Waals surface area contributed by atoms with E-state index in [1.54, 1.807) is 6.92 Å². The van der Waals surface area contributed by atoms with Gasteiger partial charge in [-0.25, -0.2) is 4.79 Å². The van der Waals surface area contributed by atoms with Crippen molar-refractivity contribution in [1.82, 2.24) is 10.2 Å². The highest BCUT2D eigenvalue weighted by atomic mass is 16.5. The van der Waals surface area contributed by atoms with E-state index in [1.807, 2.05) is 6.08 Å². The number of amides is 2. The Hall–Kier alpha value is -1.89. The van der Waals surface area contributed by atoms with Crippen molar-refractivity contribution in [3.05, 3.63) is 12.2 Å². The molecule has 0 aromatic carbocycles. The molecule has 1 saturated heterocycles. The summed E-state index contributed by atoms with van der Waals surface area (Å²) in [5.41, 5.74) is -1.04. The van der Waals surface area contributed by atoms with Crippen LogP contribution in [0, 0.1) is 5.92 Å². The zero-order valence-electron chi connectivity index (χ0n) is 16.0. The topological polar surface area (TPSA) is 95.9 Å². The van der Waals surface area contributed by atoms with Crippen molar-refractivity contribution in [1.29, 1.82) is 0 Å². The van der Waals surface area contributed by atoms with Crippen LogP contribution in [0.5, 0.6) is 0 Å². The molecule has 2 N–H and O–H groups in total. The first kappa shape index (κ1) is 19.9. The monoisotopic (exact) mass is 378 g/mol. The molecule has 4 atom stereocenters. The highest BCUT2D eigenvalue weighted by Gasteiger charge is 2.62. The van der Waals surface area contributed by atoms with E-state index < -0.39 is 23.7 Å². The lowest BCUT2D eigenvalue weighted by molar-refractivity contribution is -0.150. The van der Waals surface area contributed by atoms with Gasteiger partial charge in [0.15, 0.2) is 0 Å². The van der Waals surface area contributed by atoms with E-state index in [9.17, 15) is 19.5 Å². The highest BCUT2D eigenvalue weighted by molar-refractivity contribution is 5.95. The van der Waals surface area contributed by atoms with E-state index >= 15 is 0 Å². The third-order valence-electron chi connectivity index (χ3n) is 5.78. The maximum atomic E-state index is 12.9. The molecule has 7 nitrogen and oxygen atoms in total. The van der Waals surface area contributed by atoms with Gasteiger partial charge in [0.2, 0.25) is 11.8 Å². The first-order valence-electron chi connectivity index (χ1n) is 10.1. The number of rotatable bonds is 2. The normalized spacial score (nSPS) is 35.9. The standard InChI is InChI=1S/C20H30N2O5/c1-2-27-19(26)20-12-14(20)9-7-5-3-4-6-8-10-17(24)22-13-15(23)11-16(22)18(25)21-20/h7,9,14-16,23H,2-6,8,10-13H2,1H3,(H,21,25)/b9-7-. The summed E-state index contributed by atoms with van der Waals surface area (Å²) in [4.78, 5) is 39.5. The summed E-state index contributed by atoms with van der Waals surface area (Å²) in [6.45, 7) is 2.16. The Labute approximate surface area is 160 Å². The Bertz CT molecular complexity index is 619. The third-order valence-corrected chi connectivity index (χ3v) is 5.78. The average Bonchev–Trinajstić information content (AvgIpc) is 3.18. The lowest BCUT2D eigenvalue weighted by Crippen LogP contribution is -2.53. The Morgan fingerprint density at radius 2 is 2.11 bits per heavy atom. The molecule has 0 bridgehead atoms. The maximum absolute atomic E-state index is 12.9. The van der Waals surface area contributed by atoms with Crippen LogP contribution in [0.2, 0.25) is 0 Å². The van der Waals surface area contributed by atoms with Crippen molar-refractivity contribution in [3.63, 3.8) is 0 Å². The van der Waals surface area contributed by atoms with E-state index in [0.717, 1.165) is 32.1 Å². The largest absolute Gasteiger partial charge is 0.464 e. The summed E-state index contributed by atoms with van der Waals surface area (Å²) in [7, 11) is 0. The van der Waals surface area contributed by atoms with Gasteiger partial charge in [-0.2, -0.15) is 0 Å². The van der Waals surface area contributed by atoms with Gasteiger partial charge in [-0.3, -0.25) is 9.59 Å². The number of hydrogen-bond acceptors (Lipinski definition) is 5. The minimum Gasteiger partial charge on any atom is -0.464 e. The smallest absolute Gasteiger partial charge is 0.332 e. The van der Waals surface area contributed by atoms with E-state index in [-0.39, 0.29) is 37.3 Å². The van der Waals surface area contributed by atoms with Gasteiger partial charge in [0, 0.05) is 25.3 Å². The van der Waals surface area contributed by atoms with Gasteiger partial charge in [0.1, 0.15) is 11.6 Å². The van der Waals surface area contributed by atoms with E-state index in [1.165, 1.54) is 4.90 Å². The lowest BCUT2D eigenvalue weighted by Gasteiger charge is -2.26. The molecule has 27 heavy (non-hydrogen) atoms. The van der Waals surface area contributed by atoms with Gasteiger partial charge in [-0.05, 0) is 32.6 Å². The van der Waals surface area contributed by atoms with Crippen LogP contribution >= 0.6 is 0 Å². The van der Waals surface area contributed by atoms with Crippen molar-refractivity contribution in [2.75, 3.05) is 13.2 Å². The van der Waals surface area contributed by atoms with Crippen molar-refractivity contribution >= 4 is 17.8 Å². The summed E-state index contributed by atoms with van der Waals surface area (Å²) in [5, 5.41) is 12.9. The number of carbonyl (C=O) groups excluding carboxylic acids is 3. The molecule has 2 fully saturated rings. The second-order valence-corrected chi connectivity index (χ2v) is 7.82. The minimum absolute atomic E-state index is 0.0823. The summed E-state index contributed by atoms with van der Waals surface area (Å²) < 4.78 is 5.20. The van der Waals surface area contributed by atoms with Crippen molar-refractivity contribution in [2.24, 2.45) is 5.92 Å². The molecule has 0 aromatic heterocycles. The predicted molar refractivity (Wildman–Crippen MR) is 98.6 cm³/mol. The van der Waals surface area contributed by atoms with E-state index in [2.05, 4.69) is 11.4 Å². The SMILES string of the molecule is CCOC(=O)C12CC1/C=C\CCCCCCC(=O)N1CC(O)CC1C(=O)N2. The van der Waals surface area contributed by atoms with Gasteiger partial charge in [-0.1, -0.05) is 25.0 Å². The van der Waals surface area contributed by atoms with Crippen molar-refractivity contribution in [2.45, 2.75) is 76.0 Å². The molecule has 2 aliphatic heterocycles. The van der Waals surface area contributed by atoms with Crippen LogP contribution in [0.4, 0.5) is 0 Å². The molecular formula is C20H30N2O5. The Morgan fingerprint density at radius 1 is 1.33 bits per heavy atom. The van der Waals surface area contributed by atoms with Crippen LogP contribution in [-0.2, 0) is 19.1 Å². The molecule has 3 aliphatic rings. The molecule has 3 rings (SSSR count). The minimum atomic E-state index is -1.04. The van der Waals surface area contributed by atoms with Gasteiger partial charge >= 0.3 is 5.97 Å². The van der Waals surface area contributed by atoms with Crippen LogP contribution < -0.4 is 5.32 Å². The fraction of sp³-hybridized carbons (Fsp3) is 0.750. The molecular weight excluding hydrogens is 348 g/mol. The number of fused-ring (bicyclic) bond motifs is 2. The van der Waals surface area contributed by atoms with Gasteiger partial charge < -0.3 is 20.1 Å². The van der Waals surface area contributed by atoms with Crippen LogP contribution in [0.1, 0.15) is 58.3 Å². The number of carbonyl (C=O) groups is 3. The first-order valence-corrected chi connectivity index (χ1v) is 10.1. The summed E-state index contributed by atoms with van der Waals surface area (Å²) in [6.07, 6.45) is 9.26. The molecule has 0 aromatic rings. The van der Waals surface area contributed by atoms with Crippen molar-refractivity contribution < 1.29 is 24.2 Å². The van der Waals surface area contributed by atoms with Gasteiger partial charge in [0.05, 0.1) is 12.7 Å². The Morgan fingerprint density at radius 3 is 2.89 bits per heavy atom. The summed E-state index contributed by atoms with van der Waals surface area (Å²) in [6, 6.07) is -0.728. The molecule has 150 valence electrons. The number of esters is 1. The molecule has 0 spiro atoms. The third kappa shape index (κ3) is 4.34. The molecule has 2 amide bonds. The zero-order valence-corrected chi connectivity index (χ0v) is 16.0. The second-order valence-electron chi connectivity index (χ2n) is 7.82. The molecule has 2 heterocycles. The highest BCUT2D eigenvalue weighted by Crippen LogP contribution is 2.46. The average molecular weight is 378 g/mol. The fourth-order valence-electron chi connectivity index (χ4n) is 4.15. The van der Waals surface area contributed by atoms with Gasteiger partial charge in [0.25, 0.3) is 0 Å². The van der Waals surface area contributed by atoms with E-state index in [0.29, 0.717) is 12.8 Å². The summed E-state index contributed by atoms with van der Waals surface area (Å²) in [5.74, 6) is -0.981. The van der Waals surface area contributed by atoms with Gasteiger partial charge in [-0.15, -0.1) is 0 Å².